The molecule has 0 bridgehead atoms. The standard InChI is InChI=1S/C15H22N2O5S/c1-3-21-10-6-9-16-15(18)14-11-17(23(2,19)20)12-7-4-5-8-13(12)22-14/h4-5,7-8,14H,3,6,9-11H2,1-2H3,(H,16,18). The summed E-state index contributed by atoms with van der Waals surface area (Å²) in [5.41, 5.74) is 0.454. The number of anilines is 1. The summed E-state index contributed by atoms with van der Waals surface area (Å²) < 4.78 is 36.0. The Morgan fingerprint density at radius 3 is 2.87 bits per heavy atom. The molecule has 7 nitrogen and oxygen atoms in total. The minimum Gasteiger partial charge on any atom is -0.476 e. The molecule has 1 aromatic rings. The maximum atomic E-state index is 12.2. The molecule has 0 radical (unpaired) electrons. The van der Waals surface area contributed by atoms with Gasteiger partial charge in [0.15, 0.2) is 6.10 Å². The second-order valence-corrected chi connectivity index (χ2v) is 7.12. The van der Waals surface area contributed by atoms with Crippen molar-refractivity contribution in [3.8, 4) is 5.75 Å². The first-order chi connectivity index (χ1) is 10.9. The lowest BCUT2D eigenvalue weighted by molar-refractivity contribution is -0.127. The maximum absolute atomic E-state index is 12.2. The number of fused-ring (bicyclic) bond motifs is 1. The van der Waals surface area contributed by atoms with Gasteiger partial charge in [-0.15, -0.1) is 0 Å². The quantitative estimate of drug-likeness (QED) is 0.740. The summed E-state index contributed by atoms with van der Waals surface area (Å²) in [7, 11) is -3.48. The van der Waals surface area contributed by atoms with Gasteiger partial charge in [-0.05, 0) is 25.5 Å². The third-order valence-electron chi connectivity index (χ3n) is 3.40. The normalized spacial score (nSPS) is 17.3. The summed E-state index contributed by atoms with van der Waals surface area (Å²) in [5, 5.41) is 2.75. The van der Waals surface area contributed by atoms with Gasteiger partial charge in [0.2, 0.25) is 10.0 Å². The van der Waals surface area contributed by atoms with Gasteiger partial charge in [0, 0.05) is 19.8 Å². The molecule has 2 rings (SSSR count). The van der Waals surface area contributed by atoms with Crippen molar-refractivity contribution in [3.63, 3.8) is 0 Å². The molecule has 23 heavy (non-hydrogen) atoms. The van der Waals surface area contributed by atoms with Gasteiger partial charge in [0.05, 0.1) is 18.5 Å². The van der Waals surface area contributed by atoms with Crippen molar-refractivity contribution < 1.29 is 22.7 Å². The number of hydrogen-bond acceptors (Lipinski definition) is 5. The van der Waals surface area contributed by atoms with Crippen LogP contribution in [-0.4, -0.2) is 53.0 Å². The van der Waals surface area contributed by atoms with Crippen LogP contribution in [0, 0.1) is 0 Å². The average Bonchev–Trinajstić information content (AvgIpc) is 2.52. The molecule has 0 saturated carbocycles. The highest BCUT2D eigenvalue weighted by atomic mass is 32.2. The first-order valence-corrected chi connectivity index (χ1v) is 9.37. The lowest BCUT2D eigenvalue weighted by atomic mass is 10.2. The Balaban J connectivity index is 2.04. The molecule has 0 saturated heterocycles. The van der Waals surface area contributed by atoms with Crippen LogP contribution in [0.25, 0.3) is 0 Å². The van der Waals surface area contributed by atoms with Crippen molar-refractivity contribution in [1.29, 1.82) is 0 Å². The highest BCUT2D eigenvalue weighted by Crippen LogP contribution is 2.34. The Labute approximate surface area is 136 Å². The van der Waals surface area contributed by atoms with Gasteiger partial charge in [-0.2, -0.15) is 0 Å². The summed E-state index contributed by atoms with van der Waals surface area (Å²) in [6.45, 7) is 3.54. The molecule has 1 aliphatic rings. The number of sulfonamides is 1. The molecule has 0 fully saturated rings. The van der Waals surface area contributed by atoms with Crippen LogP contribution in [0.3, 0.4) is 0 Å². The van der Waals surface area contributed by atoms with E-state index in [9.17, 15) is 13.2 Å². The first-order valence-electron chi connectivity index (χ1n) is 7.52. The van der Waals surface area contributed by atoms with Crippen molar-refractivity contribution in [2.45, 2.75) is 19.4 Å². The van der Waals surface area contributed by atoms with Crippen molar-refractivity contribution in [2.24, 2.45) is 0 Å². The fourth-order valence-electron chi connectivity index (χ4n) is 2.30. The summed E-state index contributed by atoms with van der Waals surface area (Å²) in [6, 6.07) is 6.78. The minimum absolute atomic E-state index is 0.0346. The van der Waals surface area contributed by atoms with E-state index in [2.05, 4.69) is 5.32 Å². The molecule has 1 unspecified atom stereocenters. The number of carbonyl (C=O) groups is 1. The van der Waals surface area contributed by atoms with Crippen LogP contribution in [0.1, 0.15) is 13.3 Å². The molecule has 1 heterocycles. The van der Waals surface area contributed by atoms with E-state index < -0.39 is 16.1 Å². The maximum Gasteiger partial charge on any atom is 0.263 e. The molecule has 128 valence electrons. The fourth-order valence-corrected chi connectivity index (χ4v) is 3.21. The molecule has 1 aliphatic heterocycles. The topological polar surface area (TPSA) is 84.9 Å². The van der Waals surface area contributed by atoms with Crippen LogP contribution in [0.2, 0.25) is 0 Å². The number of carbonyl (C=O) groups excluding carboxylic acids is 1. The number of nitrogens with one attached hydrogen (secondary N) is 1. The fraction of sp³-hybridized carbons (Fsp3) is 0.533. The summed E-state index contributed by atoms with van der Waals surface area (Å²) >= 11 is 0. The van der Waals surface area contributed by atoms with E-state index in [4.69, 9.17) is 9.47 Å². The first kappa shape index (κ1) is 17.6. The van der Waals surface area contributed by atoms with E-state index in [-0.39, 0.29) is 12.5 Å². The van der Waals surface area contributed by atoms with Gasteiger partial charge in [-0.3, -0.25) is 9.10 Å². The molecule has 8 heteroatoms. The van der Waals surface area contributed by atoms with E-state index in [0.29, 0.717) is 37.6 Å². The lowest BCUT2D eigenvalue weighted by Gasteiger charge is -2.33. The minimum atomic E-state index is -3.48. The Hall–Kier alpha value is -1.80. The van der Waals surface area contributed by atoms with Gasteiger partial charge in [0.1, 0.15) is 5.75 Å². The largest absolute Gasteiger partial charge is 0.476 e. The zero-order valence-corrected chi connectivity index (χ0v) is 14.1. The molecule has 1 amide bonds. The molecule has 0 spiro atoms. The van der Waals surface area contributed by atoms with Gasteiger partial charge in [-0.25, -0.2) is 8.42 Å². The molecule has 0 aromatic heterocycles. The molecule has 1 N–H and O–H groups in total. The van der Waals surface area contributed by atoms with Crippen LogP contribution in [-0.2, 0) is 19.6 Å². The zero-order valence-electron chi connectivity index (χ0n) is 13.3. The van der Waals surface area contributed by atoms with Crippen LogP contribution in [0.15, 0.2) is 24.3 Å². The Kier molecular flexibility index (Phi) is 5.84. The Morgan fingerprint density at radius 2 is 2.17 bits per heavy atom. The second kappa shape index (κ2) is 7.65. The summed E-state index contributed by atoms with van der Waals surface area (Å²) in [6.07, 6.45) is 0.942. The van der Waals surface area contributed by atoms with Crippen molar-refractivity contribution in [3.05, 3.63) is 24.3 Å². The highest BCUT2D eigenvalue weighted by molar-refractivity contribution is 7.92. The monoisotopic (exact) mass is 342 g/mol. The number of amides is 1. The van der Waals surface area contributed by atoms with E-state index in [1.165, 1.54) is 4.31 Å². The van der Waals surface area contributed by atoms with Crippen LogP contribution < -0.4 is 14.4 Å². The smallest absolute Gasteiger partial charge is 0.263 e. The van der Waals surface area contributed by atoms with Crippen molar-refractivity contribution >= 4 is 21.6 Å². The Bertz CT molecular complexity index is 647. The number of ether oxygens (including phenoxy) is 2. The number of nitrogens with zero attached hydrogens (tertiary/aromatic N) is 1. The van der Waals surface area contributed by atoms with E-state index in [1.807, 2.05) is 6.92 Å². The van der Waals surface area contributed by atoms with Crippen molar-refractivity contribution in [1.82, 2.24) is 5.32 Å². The number of hydrogen-bond donors (Lipinski definition) is 1. The number of rotatable bonds is 7. The van der Waals surface area contributed by atoms with Crippen LogP contribution in [0.5, 0.6) is 5.75 Å². The van der Waals surface area contributed by atoms with Crippen LogP contribution >= 0.6 is 0 Å². The molecule has 1 aromatic carbocycles. The van der Waals surface area contributed by atoms with Gasteiger partial charge in [0.25, 0.3) is 5.91 Å². The Morgan fingerprint density at radius 1 is 1.43 bits per heavy atom. The van der Waals surface area contributed by atoms with E-state index in [1.54, 1.807) is 24.3 Å². The third kappa shape index (κ3) is 4.59. The molecular formula is C15H22N2O5S. The zero-order chi connectivity index (χ0) is 16.9. The third-order valence-corrected chi connectivity index (χ3v) is 4.54. The van der Waals surface area contributed by atoms with Gasteiger partial charge in [-0.1, -0.05) is 12.1 Å². The summed E-state index contributed by atoms with van der Waals surface area (Å²) in [4.78, 5) is 12.2. The number of benzene rings is 1. The van der Waals surface area contributed by atoms with Crippen LogP contribution in [0.4, 0.5) is 5.69 Å². The highest BCUT2D eigenvalue weighted by Gasteiger charge is 2.34. The average molecular weight is 342 g/mol. The summed E-state index contributed by atoms with van der Waals surface area (Å²) in [5.74, 6) is 0.0586. The predicted molar refractivity (Wildman–Crippen MR) is 87.2 cm³/mol. The van der Waals surface area contributed by atoms with Gasteiger partial charge < -0.3 is 14.8 Å². The lowest BCUT2D eigenvalue weighted by Crippen LogP contribution is -2.50. The second-order valence-electron chi connectivity index (χ2n) is 5.21. The van der Waals surface area contributed by atoms with E-state index in [0.717, 1.165) is 6.26 Å². The SMILES string of the molecule is CCOCCCNC(=O)C1CN(S(C)(=O)=O)c2ccccc2O1. The molecule has 1 atom stereocenters. The molecular weight excluding hydrogens is 320 g/mol. The van der Waals surface area contributed by atoms with E-state index >= 15 is 0 Å². The van der Waals surface area contributed by atoms with Crippen molar-refractivity contribution in [2.75, 3.05) is 36.9 Å². The predicted octanol–water partition coefficient (Wildman–Crippen LogP) is 0.756. The van der Waals surface area contributed by atoms with Gasteiger partial charge >= 0.3 is 0 Å². The molecule has 0 aliphatic carbocycles. The number of para-hydroxylation sites is 2.